The molecule has 2 aliphatic rings. The van der Waals surface area contributed by atoms with Gasteiger partial charge in [0, 0.05) is 30.2 Å². The Morgan fingerprint density at radius 1 is 1.00 bits per heavy atom. The topological polar surface area (TPSA) is 91.8 Å². The van der Waals surface area contributed by atoms with Crippen molar-refractivity contribution in [3.8, 4) is 5.88 Å². The number of pyridine rings is 1. The minimum Gasteiger partial charge on any atom is -0.481 e. The van der Waals surface area contributed by atoms with Crippen molar-refractivity contribution < 1.29 is 19.1 Å². The number of rotatable bonds is 5. The molecule has 0 bridgehead atoms. The average molecular weight is 428 g/mol. The molecule has 3 amide bonds. The summed E-state index contributed by atoms with van der Waals surface area (Å²) in [5, 5.41) is 2.78. The van der Waals surface area contributed by atoms with Crippen LogP contribution in [0.3, 0.4) is 0 Å². The summed E-state index contributed by atoms with van der Waals surface area (Å²) in [7, 11) is 1.52. The minimum absolute atomic E-state index is 0.0701. The molecule has 3 aromatic rings. The summed E-state index contributed by atoms with van der Waals surface area (Å²) in [4.78, 5) is 46.4. The first-order valence-electron chi connectivity index (χ1n) is 10.2. The summed E-state index contributed by atoms with van der Waals surface area (Å²) in [6.45, 7) is 0.158. The Labute approximate surface area is 184 Å². The van der Waals surface area contributed by atoms with Gasteiger partial charge in [0.05, 0.1) is 30.2 Å². The molecule has 2 aromatic carbocycles. The summed E-state index contributed by atoms with van der Waals surface area (Å²) >= 11 is 0. The van der Waals surface area contributed by atoms with E-state index in [1.54, 1.807) is 46.2 Å². The highest BCUT2D eigenvalue weighted by atomic mass is 16.5. The predicted molar refractivity (Wildman–Crippen MR) is 118 cm³/mol. The van der Waals surface area contributed by atoms with Crippen molar-refractivity contribution in [2.45, 2.75) is 12.6 Å². The van der Waals surface area contributed by atoms with Crippen LogP contribution < -0.4 is 15.0 Å². The van der Waals surface area contributed by atoms with Gasteiger partial charge < -0.3 is 15.0 Å². The number of methoxy groups -OCH3 is 1. The van der Waals surface area contributed by atoms with Crippen LogP contribution in [0.4, 0.5) is 11.4 Å². The van der Waals surface area contributed by atoms with E-state index >= 15 is 0 Å². The highest BCUT2D eigenvalue weighted by molar-refractivity contribution is 6.16. The van der Waals surface area contributed by atoms with Crippen LogP contribution in [0.25, 0.3) is 0 Å². The van der Waals surface area contributed by atoms with Crippen molar-refractivity contribution in [3.63, 3.8) is 0 Å². The molecule has 0 saturated carbocycles. The smallest absolute Gasteiger partial charge is 0.260 e. The van der Waals surface area contributed by atoms with Gasteiger partial charge >= 0.3 is 0 Å². The maximum atomic E-state index is 13.3. The van der Waals surface area contributed by atoms with Crippen LogP contribution in [-0.4, -0.2) is 41.3 Å². The summed E-state index contributed by atoms with van der Waals surface area (Å²) < 4.78 is 5.02. The van der Waals surface area contributed by atoms with Crippen molar-refractivity contribution in [2.24, 2.45) is 0 Å². The zero-order valence-corrected chi connectivity index (χ0v) is 17.3. The maximum absolute atomic E-state index is 13.3. The predicted octanol–water partition coefficient (Wildman–Crippen LogP) is 3.23. The Morgan fingerprint density at radius 2 is 1.75 bits per heavy atom. The molecule has 0 radical (unpaired) electrons. The maximum Gasteiger partial charge on any atom is 0.260 e. The van der Waals surface area contributed by atoms with Crippen molar-refractivity contribution >= 4 is 29.1 Å². The lowest BCUT2D eigenvalue weighted by molar-refractivity contribution is -0.116. The minimum atomic E-state index is -0.573. The fourth-order valence-corrected chi connectivity index (χ4v) is 4.22. The highest BCUT2D eigenvalue weighted by Gasteiger charge is 2.47. The monoisotopic (exact) mass is 428 g/mol. The molecule has 8 heteroatoms. The number of hydrogen-bond donors (Lipinski definition) is 1. The number of carbonyl (C=O) groups excluding carboxylic acids is 3. The van der Waals surface area contributed by atoms with Gasteiger partial charge in [0.2, 0.25) is 11.8 Å². The molecule has 0 fully saturated rings. The second kappa shape index (κ2) is 7.81. The Hall–Kier alpha value is -4.20. The average Bonchev–Trinajstić information content (AvgIpc) is 3.12. The fraction of sp³-hybridized carbons (Fsp3) is 0.167. The van der Waals surface area contributed by atoms with E-state index in [2.05, 4.69) is 10.3 Å². The first kappa shape index (κ1) is 19.7. The van der Waals surface area contributed by atoms with Gasteiger partial charge in [-0.3, -0.25) is 19.3 Å². The van der Waals surface area contributed by atoms with Crippen molar-refractivity contribution in [1.29, 1.82) is 0 Å². The van der Waals surface area contributed by atoms with E-state index in [0.717, 1.165) is 5.56 Å². The second-order valence-electron chi connectivity index (χ2n) is 7.54. The standard InChI is InChI=1S/C24H20N4O4/c1-32-21-11-10-15(14-25-21)26-20(29)12-13-27-22-16-6-2-3-7-17(16)24(31)28(22)19-9-5-4-8-18(19)23(27)30/h2-11,14,22H,12-13H2,1H3,(H,26,29)/t22-/m0/s1. The number of amides is 3. The molecule has 2 aliphatic heterocycles. The molecule has 0 spiro atoms. The molecular weight excluding hydrogens is 408 g/mol. The van der Waals surface area contributed by atoms with E-state index in [1.165, 1.54) is 13.3 Å². The number of ether oxygens (including phenoxy) is 1. The molecule has 1 aromatic heterocycles. The quantitative estimate of drug-likeness (QED) is 0.674. The van der Waals surface area contributed by atoms with E-state index in [0.29, 0.717) is 28.4 Å². The summed E-state index contributed by atoms with van der Waals surface area (Å²) in [6, 6.07) is 17.7. The van der Waals surface area contributed by atoms with Gasteiger partial charge in [-0.1, -0.05) is 30.3 Å². The number of fused-ring (bicyclic) bond motifs is 5. The third-order valence-electron chi connectivity index (χ3n) is 5.69. The number of benzene rings is 2. The van der Waals surface area contributed by atoms with Crippen LogP contribution in [0.5, 0.6) is 5.88 Å². The van der Waals surface area contributed by atoms with Crippen molar-refractivity contribution in [3.05, 3.63) is 83.6 Å². The van der Waals surface area contributed by atoms with Gasteiger partial charge in [0.1, 0.15) is 6.17 Å². The molecular formula is C24H20N4O4. The summed E-state index contributed by atoms with van der Waals surface area (Å²) in [5.74, 6) is -0.160. The van der Waals surface area contributed by atoms with Gasteiger partial charge in [-0.25, -0.2) is 4.98 Å². The van der Waals surface area contributed by atoms with Gasteiger partial charge in [0.15, 0.2) is 0 Å². The number of nitrogens with zero attached hydrogens (tertiary/aromatic N) is 3. The second-order valence-corrected chi connectivity index (χ2v) is 7.54. The SMILES string of the molecule is COc1ccc(NC(=O)CCN2C(=O)c3ccccc3N3C(=O)c4ccccc4[C@@H]23)cn1. The molecule has 5 rings (SSSR count). The van der Waals surface area contributed by atoms with Crippen LogP contribution in [0, 0.1) is 0 Å². The molecule has 8 nitrogen and oxygen atoms in total. The van der Waals surface area contributed by atoms with Gasteiger partial charge in [0.25, 0.3) is 11.8 Å². The number of hydrogen-bond acceptors (Lipinski definition) is 5. The number of nitrogens with one attached hydrogen (secondary N) is 1. The Morgan fingerprint density at radius 3 is 2.50 bits per heavy atom. The third kappa shape index (κ3) is 3.17. The zero-order chi connectivity index (χ0) is 22.2. The van der Waals surface area contributed by atoms with Crippen LogP contribution >= 0.6 is 0 Å². The van der Waals surface area contributed by atoms with E-state index in [-0.39, 0.29) is 30.7 Å². The highest BCUT2D eigenvalue weighted by Crippen LogP contribution is 2.45. The molecule has 3 heterocycles. The lowest BCUT2D eigenvalue weighted by Crippen LogP contribution is -2.48. The molecule has 1 atom stereocenters. The molecule has 32 heavy (non-hydrogen) atoms. The Kier molecular flexibility index (Phi) is 4.82. The largest absolute Gasteiger partial charge is 0.481 e. The Balaban J connectivity index is 1.41. The lowest BCUT2D eigenvalue weighted by Gasteiger charge is -2.40. The lowest BCUT2D eigenvalue weighted by atomic mass is 10.0. The van der Waals surface area contributed by atoms with E-state index < -0.39 is 6.17 Å². The first-order valence-corrected chi connectivity index (χ1v) is 10.2. The molecule has 160 valence electrons. The first-order chi connectivity index (χ1) is 15.6. The Bertz CT molecular complexity index is 1220. The number of aromatic nitrogens is 1. The van der Waals surface area contributed by atoms with Crippen molar-refractivity contribution in [2.75, 3.05) is 23.9 Å². The number of para-hydroxylation sites is 1. The van der Waals surface area contributed by atoms with Crippen LogP contribution in [-0.2, 0) is 4.79 Å². The van der Waals surface area contributed by atoms with E-state index in [1.807, 2.05) is 24.3 Å². The van der Waals surface area contributed by atoms with Crippen LogP contribution in [0.15, 0.2) is 66.9 Å². The molecule has 0 unspecified atom stereocenters. The van der Waals surface area contributed by atoms with Crippen molar-refractivity contribution in [1.82, 2.24) is 9.88 Å². The third-order valence-corrected chi connectivity index (χ3v) is 5.69. The number of carbonyl (C=O) groups is 3. The summed E-state index contributed by atoms with van der Waals surface area (Å²) in [6.07, 6.45) is 1.00. The van der Waals surface area contributed by atoms with Gasteiger partial charge in [-0.15, -0.1) is 0 Å². The van der Waals surface area contributed by atoms with Crippen LogP contribution in [0.1, 0.15) is 38.9 Å². The van der Waals surface area contributed by atoms with Gasteiger partial charge in [-0.2, -0.15) is 0 Å². The molecule has 0 aliphatic carbocycles. The summed E-state index contributed by atoms with van der Waals surface area (Å²) in [5.41, 5.74) is 2.91. The van der Waals surface area contributed by atoms with Crippen LogP contribution in [0.2, 0.25) is 0 Å². The zero-order valence-electron chi connectivity index (χ0n) is 17.3. The normalized spacial score (nSPS) is 16.3. The molecule has 0 saturated heterocycles. The fourth-order valence-electron chi connectivity index (χ4n) is 4.22. The molecule has 1 N–H and O–H groups in total. The van der Waals surface area contributed by atoms with E-state index in [9.17, 15) is 14.4 Å². The van der Waals surface area contributed by atoms with E-state index in [4.69, 9.17) is 4.74 Å². The number of anilines is 2. The van der Waals surface area contributed by atoms with Gasteiger partial charge in [-0.05, 0) is 24.3 Å².